The third-order valence-corrected chi connectivity index (χ3v) is 4.38. The Labute approximate surface area is 112 Å². The van der Waals surface area contributed by atoms with Crippen molar-refractivity contribution < 1.29 is 9.21 Å². The molecule has 1 fully saturated rings. The third-order valence-electron chi connectivity index (χ3n) is 4.38. The summed E-state index contributed by atoms with van der Waals surface area (Å²) >= 11 is 0. The Morgan fingerprint density at radius 1 is 1.26 bits per heavy atom. The molecule has 1 aliphatic rings. The van der Waals surface area contributed by atoms with Crippen LogP contribution in [0, 0.1) is 13.8 Å². The number of benzene rings is 1. The van der Waals surface area contributed by atoms with E-state index in [2.05, 4.69) is 18.0 Å². The average molecular weight is 255 g/mol. The fourth-order valence-electron chi connectivity index (χ4n) is 3.30. The topological polar surface area (TPSA) is 42.6 Å². The van der Waals surface area contributed by atoms with Gasteiger partial charge in [0.05, 0.1) is 5.54 Å². The number of hydrogen-bond acceptors (Lipinski definition) is 3. The molecule has 0 amide bonds. The van der Waals surface area contributed by atoms with Gasteiger partial charge in [0.25, 0.3) is 0 Å². The minimum atomic E-state index is -0.387. The summed E-state index contributed by atoms with van der Waals surface area (Å²) in [6, 6.07) is 6.04. The van der Waals surface area contributed by atoms with Gasteiger partial charge in [-0.1, -0.05) is 25.0 Å². The van der Waals surface area contributed by atoms with Gasteiger partial charge < -0.3 is 4.42 Å². The number of aryl methyl sites for hydroxylation is 2. The van der Waals surface area contributed by atoms with E-state index < -0.39 is 0 Å². The second-order valence-corrected chi connectivity index (χ2v) is 5.40. The summed E-state index contributed by atoms with van der Waals surface area (Å²) in [5, 5.41) is 1.13. The maximum atomic E-state index is 10.9. The lowest BCUT2D eigenvalue weighted by molar-refractivity contribution is 0.459. The lowest BCUT2D eigenvalue weighted by Crippen LogP contribution is -2.19. The van der Waals surface area contributed by atoms with Gasteiger partial charge >= 0.3 is 0 Å². The Hall–Kier alpha value is -1.86. The molecule has 1 aromatic carbocycles. The first-order chi connectivity index (χ1) is 9.18. The third kappa shape index (κ3) is 1.73. The summed E-state index contributed by atoms with van der Waals surface area (Å²) < 4.78 is 5.78. The first-order valence-electron chi connectivity index (χ1n) is 6.76. The van der Waals surface area contributed by atoms with Crippen molar-refractivity contribution in [1.82, 2.24) is 0 Å². The molecule has 98 valence electrons. The van der Waals surface area contributed by atoms with E-state index in [1.165, 1.54) is 0 Å². The van der Waals surface area contributed by atoms with E-state index in [4.69, 9.17) is 4.42 Å². The molecule has 3 rings (SSSR count). The van der Waals surface area contributed by atoms with Crippen LogP contribution < -0.4 is 0 Å². The molecular weight excluding hydrogens is 238 g/mol. The zero-order valence-corrected chi connectivity index (χ0v) is 11.3. The average Bonchev–Trinajstić information content (AvgIpc) is 2.97. The summed E-state index contributed by atoms with van der Waals surface area (Å²) in [7, 11) is 0. The first kappa shape index (κ1) is 12.2. The molecule has 19 heavy (non-hydrogen) atoms. The molecule has 0 aliphatic heterocycles. The second-order valence-electron chi connectivity index (χ2n) is 5.40. The van der Waals surface area contributed by atoms with Crippen LogP contribution in [0.5, 0.6) is 0 Å². The van der Waals surface area contributed by atoms with Crippen LogP contribution in [0.1, 0.15) is 42.6 Å². The number of hydrogen-bond donors (Lipinski definition) is 0. The van der Waals surface area contributed by atoms with E-state index in [9.17, 15) is 4.79 Å². The van der Waals surface area contributed by atoms with Crippen molar-refractivity contribution in [1.29, 1.82) is 0 Å². The highest BCUT2D eigenvalue weighted by atomic mass is 16.3. The largest absolute Gasteiger partial charge is 0.461 e. The van der Waals surface area contributed by atoms with Crippen molar-refractivity contribution in [3.63, 3.8) is 0 Å². The van der Waals surface area contributed by atoms with Crippen molar-refractivity contribution in [3.05, 3.63) is 35.1 Å². The molecule has 0 atom stereocenters. The maximum absolute atomic E-state index is 10.9. The van der Waals surface area contributed by atoms with Gasteiger partial charge in [0, 0.05) is 5.39 Å². The molecular formula is C16H17NO2. The van der Waals surface area contributed by atoms with Gasteiger partial charge in [0.1, 0.15) is 11.3 Å². The van der Waals surface area contributed by atoms with Gasteiger partial charge in [-0.15, -0.1) is 0 Å². The van der Waals surface area contributed by atoms with Gasteiger partial charge in [-0.3, -0.25) is 0 Å². The van der Waals surface area contributed by atoms with Crippen LogP contribution in [-0.4, -0.2) is 6.08 Å². The van der Waals surface area contributed by atoms with E-state index in [-0.39, 0.29) is 5.54 Å². The van der Waals surface area contributed by atoms with E-state index in [1.807, 2.05) is 19.1 Å². The molecule has 0 spiro atoms. The number of isocyanates is 1. The number of nitrogens with zero attached hydrogens (tertiary/aromatic N) is 1. The first-order valence-corrected chi connectivity index (χ1v) is 6.76. The van der Waals surface area contributed by atoms with Crippen molar-refractivity contribution >= 4 is 17.0 Å². The standard InChI is InChI=1S/C16H17NO2/c1-11-12(2)19-14-7-5-6-13(15(11)14)16(17-10-18)8-3-4-9-16/h5-7H,3-4,8-9H2,1-2H3. The highest BCUT2D eigenvalue weighted by Gasteiger charge is 2.37. The predicted molar refractivity (Wildman–Crippen MR) is 74.0 cm³/mol. The number of carbonyl (C=O) groups excluding carboxylic acids is 1. The molecule has 0 saturated heterocycles. The van der Waals surface area contributed by atoms with Crippen LogP contribution in [0.2, 0.25) is 0 Å². The molecule has 1 heterocycles. The molecule has 3 nitrogen and oxygen atoms in total. The predicted octanol–water partition coefficient (Wildman–Crippen LogP) is 4.15. The molecule has 0 N–H and O–H groups in total. The number of aliphatic imine (C=N–C) groups is 1. The van der Waals surface area contributed by atoms with E-state index >= 15 is 0 Å². The van der Waals surface area contributed by atoms with E-state index in [0.29, 0.717) is 0 Å². The van der Waals surface area contributed by atoms with Crippen LogP contribution in [0.25, 0.3) is 11.0 Å². The summed E-state index contributed by atoms with van der Waals surface area (Å²) in [6.07, 6.45) is 5.84. The van der Waals surface area contributed by atoms with Crippen LogP contribution in [0.4, 0.5) is 0 Å². The molecule has 1 aromatic heterocycles. The molecule has 0 radical (unpaired) electrons. The Balaban J connectivity index is 2.32. The van der Waals surface area contributed by atoms with Crippen LogP contribution in [0.15, 0.2) is 27.6 Å². The van der Waals surface area contributed by atoms with Crippen LogP contribution in [0.3, 0.4) is 0 Å². The molecule has 3 heteroatoms. The smallest absolute Gasteiger partial charge is 0.235 e. The highest BCUT2D eigenvalue weighted by Crippen LogP contribution is 2.45. The summed E-state index contributed by atoms with van der Waals surface area (Å²) in [5.74, 6) is 0.936. The van der Waals surface area contributed by atoms with E-state index in [0.717, 1.165) is 53.5 Å². The van der Waals surface area contributed by atoms with Crippen molar-refractivity contribution in [2.45, 2.75) is 45.1 Å². The maximum Gasteiger partial charge on any atom is 0.235 e. The summed E-state index contributed by atoms with van der Waals surface area (Å²) in [6.45, 7) is 4.04. The lowest BCUT2D eigenvalue weighted by Gasteiger charge is -2.23. The fraction of sp³-hybridized carbons (Fsp3) is 0.438. The van der Waals surface area contributed by atoms with Crippen molar-refractivity contribution in [3.8, 4) is 0 Å². The zero-order chi connectivity index (χ0) is 13.5. The van der Waals surface area contributed by atoms with E-state index in [1.54, 1.807) is 6.08 Å². The molecule has 1 aliphatic carbocycles. The van der Waals surface area contributed by atoms with Gasteiger partial charge in [0.15, 0.2) is 0 Å². The number of rotatable bonds is 2. The van der Waals surface area contributed by atoms with Gasteiger partial charge in [0.2, 0.25) is 6.08 Å². The Morgan fingerprint density at radius 2 is 2.00 bits per heavy atom. The van der Waals surface area contributed by atoms with Gasteiger partial charge in [-0.2, -0.15) is 4.99 Å². The van der Waals surface area contributed by atoms with Crippen molar-refractivity contribution in [2.24, 2.45) is 4.99 Å². The Kier molecular flexibility index (Phi) is 2.79. The summed E-state index contributed by atoms with van der Waals surface area (Å²) in [5.41, 5.74) is 2.78. The van der Waals surface area contributed by atoms with Crippen LogP contribution >= 0.6 is 0 Å². The normalized spacial score (nSPS) is 17.6. The minimum Gasteiger partial charge on any atom is -0.461 e. The van der Waals surface area contributed by atoms with Gasteiger partial charge in [-0.05, 0) is 43.9 Å². The Morgan fingerprint density at radius 3 is 2.68 bits per heavy atom. The zero-order valence-electron chi connectivity index (χ0n) is 11.3. The number of furan rings is 1. The number of fused-ring (bicyclic) bond motifs is 1. The molecule has 0 unspecified atom stereocenters. The minimum absolute atomic E-state index is 0.387. The molecule has 2 aromatic rings. The van der Waals surface area contributed by atoms with Gasteiger partial charge in [-0.25, -0.2) is 4.79 Å². The van der Waals surface area contributed by atoms with Crippen molar-refractivity contribution in [2.75, 3.05) is 0 Å². The quantitative estimate of drug-likeness (QED) is 0.597. The lowest BCUT2D eigenvalue weighted by atomic mass is 9.85. The SMILES string of the molecule is Cc1oc2cccc(C3(N=C=O)CCCC3)c2c1C. The fourth-order valence-corrected chi connectivity index (χ4v) is 3.30. The monoisotopic (exact) mass is 255 g/mol. The Bertz CT molecular complexity index is 671. The second kappa shape index (κ2) is 4.36. The van der Waals surface area contributed by atoms with Crippen LogP contribution in [-0.2, 0) is 10.3 Å². The summed E-state index contributed by atoms with van der Waals surface area (Å²) in [4.78, 5) is 15.0. The molecule has 1 saturated carbocycles. The highest BCUT2D eigenvalue weighted by molar-refractivity contribution is 5.86. The molecule has 0 bridgehead atoms.